The first-order valence-corrected chi connectivity index (χ1v) is 5.40. The molecule has 0 aliphatic carbocycles. The first kappa shape index (κ1) is 11.2. The molecule has 1 aromatic rings. The Bertz CT molecular complexity index is 348. The third kappa shape index (κ3) is 2.28. The fraction of sp³-hybridized carbons (Fsp3) is 0.500. The topological polar surface area (TPSA) is 39.7 Å². The molecule has 0 saturated heterocycles. The summed E-state index contributed by atoms with van der Waals surface area (Å²) in [5.74, 6) is 1.62. The van der Waals surface area contributed by atoms with E-state index in [-0.39, 0.29) is 0 Å². The van der Waals surface area contributed by atoms with E-state index in [2.05, 4.69) is 11.4 Å². The summed E-state index contributed by atoms with van der Waals surface area (Å²) in [7, 11) is 3.61. The van der Waals surface area contributed by atoms with Crippen molar-refractivity contribution in [1.82, 2.24) is 5.32 Å². The highest BCUT2D eigenvalue weighted by atomic mass is 16.7. The fourth-order valence-corrected chi connectivity index (χ4v) is 1.81. The Balaban J connectivity index is 2.28. The van der Waals surface area contributed by atoms with E-state index in [1.54, 1.807) is 7.11 Å². The molecule has 2 rings (SSSR count). The van der Waals surface area contributed by atoms with Crippen molar-refractivity contribution in [3.63, 3.8) is 0 Å². The van der Waals surface area contributed by atoms with Crippen LogP contribution in [0.25, 0.3) is 0 Å². The number of likely N-dealkylation sites (N-methyl/N-ethyl adjacent to an activating group) is 1. The van der Waals surface area contributed by atoms with Gasteiger partial charge in [-0.25, -0.2) is 0 Å². The maximum Gasteiger partial charge on any atom is 0.189 e. The molecule has 0 amide bonds. The molecule has 88 valence electrons. The SMILES string of the molecule is CNCCc1cc2c(c(OC)c1)OCOC2. The minimum Gasteiger partial charge on any atom is -0.493 e. The monoisotopic (exact) mass is 223 g/mol. The van der Waals surface area contributed by atoms with Gasteiger partial charge in [-0.1, -0.05) is 0 Å². The second-order valence-electron chi connectivity index (χ2n) is 3.75. The van der Waals surface area contributed by atoms with E-state index in [4.69, 9.17) is 14.2 Å². The molecule has 1 N–H and O–H groups in total. The molecule has 1 heterocycles. The number of fused-ring (bicyclic) bond motifs is 1. The molecule has 1 aromatic carbocycles. The predicted molar refractivity (Wildman–Crippen MR) is 60.9 cm³/mol. The first-order chi connectivity index (χ1) is 7.85. The molecule has 0 aromatic heterocycles. The molecule has 0 saturated carbocycles. The van der Waals surface area contributed by atoms with Gasteiger partial charge in [0.25, 0.3) is 0 Å². The second kappa shape index (κ2) is 5.18. The lowest BCUT2D eigenvalue weighted by Crippen LogP contribution is -2.14. The van der Waals surface area contributed by atoms with Crippen LogP contribution in [-0.4, -0.2) is 27.5 Å². The number of rotatable bonds is 4. The van der Waals surface area contributed by atoms with E-state index in [0.717, 1.165) is 30.0 Å². The molecular formula is C12H17NO3. The van der Waals surface area contributed by atoms with Gasteiger partial charge in [0.2, 0.25) is 0 Å². The van der Waals surface area contributed by atoms with E-state index in [1.807, 2.05) is 13.1 Å². The third-order valence-electron chi connectivity index (χ3n) is 2.62. The van der Waals surface area contributed by atoms with Gasteiger partial charge in [0, 0.05) is 5.56 Å². The minimum atomic E-state index is 0.305. The van der Waals surface area contributed by atoms with E-state index in [0.29, 0.717) is 13.4 Å². The lowest BCUT2D eigenvalue weighted by Gasteiger charge is -2.21. The Labute approximate surface area is 95.5 Å². The summed E-state index contributed by atoms with van der Waals surface area (Å²) in [6.45, 7) is 1.85. The summed E-state index contributed by atoms with van der Waals surface area (Å²) in [4.78, 5) is 0. The Morgan fingerprint density at radius 1 is 1.44 bits per heavy atom. The molecule has 0 unspecified atom stereocenters. The summed E-state index contributed by atoms with van der Waals surface area (Å²) in [6, 6.07) is 4.15. The highest BCUT2D eigenvalue weighted by Crippen LogP contribution is 2.35. The van der Waals surface area contributed by atoms with Crippen molar-refractivity contribution < 1.29 is 14.2 Å². The van der Waals surface area contributed by atoms with Crippen LogP contribution in [0.2, 0.25) is 0 Å². The number of ether oxygens (including phenoxy) is 3. The van der Waals surface area contributed by atoms with Gasteiger partial charge in [-0.3, -0.25) is 0 Å². The highest BCUT2D eigenvalue weighted by molar-refractivity contribution is 5.49. The van der Waals surface area contributed by atoms with Crippen LogP contribution in [0.3, 0.4) is 0 Å². The van der Waals surface area contributed by atoms with Crippen molar-refractivity contribution in [2.24, 2.45) is 0 Å². The molecule has 1 aliphatic heterocycles. The average Bonchev–Trinajstić information content (AvgIpc) is 2.35. The van der Waals surface area contributed by atoms with Crippen molar-refractivity contribution >= 4 is 0 Å². The maximum absolute atomic E-state index is 5.44. The number of benzene rings is 1. The van der Waals surface area contributed by atoms with Crippen LogP contribution < -0.4 is 14.8 Å². The third-order valence-corrected chi connectivity index (χ3v) is 2.62. The smallest absolute Gasteiger partial charge is 0.189 e. The van der Waals surface area contributed by atoms with Gasteiger partial charge in [0.15, 0.2) is 18.3 Å². The molecule has 0 atom stereocenters. The standard InChI is InChI=1S/C12H17NO3/c1-13-4-3-9-5-10-7-15-8-16-12(10)11(6-9)14-2/h5-6,13H,3-4,7-8H2,1-2H3. The van der Waals surface area contributed by atoms with Crippen LogP contribution in [0.1, 0.15) is 11.1 Å². The van der Waals surface area contributed by atoms with Crippen LogP contribution in [0.15, 0.2) is 12.1 Å². The fourth-order valence-electron chi connectivity index (χ4n) is 1.81. The lowest BCUT2D eigenvalue weighted by molar-refractivity contribution is -0.0180. The van der Waals surface area contributed by atoms with Crippen LogP contribution in [0, 0.1) is 0 Å². The number of methoxy groups -OCH3 is 1. The minimum absolute atomic E-state index is 0.305. The van der Waals surface area contributed by atoms with Crippen LogP contribution >= 0.6 is 0 Å². The Morgan fingerprint density at radius 2 is 2.31 bits per heavy atom. The molecule has 0 spiro atoms. The summed E-state index contributed by atoms with van der Waals surface area (Å²) >= 11 is 0. The van der Waals surface area contributed by atoms with Gasteiger partial charge in [-0.15, -0.1) is 0 Å². The van der Waals surface area contributed by atoms with Crippen molar-refractivity contribution in [1.29, 1.82) is 0 Å². The zero-order chi connectivity index (χ0) is 11.4. The Kier molecular flexibility index (Phi) is 3.64. The molecule has 0 radical (unpaired) electrons. The van der Waals surface area contributed by atoms with Crippen molar-refractivity contribution in [3.05, 3.63) is 23.3 Å². The van der Waals surface area contributed by atoms with E-state index in [1.165, 1.54) is 5.56 Å². The molecule has 0 fully saturated rings. The molecule has 16 heavy (non-hydrogen) atoms. The Morgan fingerprint density at radius 3 is 3.06 bits per heavy atom. The number of hydrogen-bond donors (Lipinski definition) is 1. The van der Waals surface area contributed by atoms with Crippen LogP contribution in [0.4, 0.5) is 0 Å². The van der Waals surface area contributed by atoms with Gasteiger partial charge in [-0.2, -0.15) is 0 Å². The van der Waals surface area contributed by atoms with Crippen molar-refractivity contribution in [2.75, 3.05) is 27.5 Å². The Hall–Kier alpha value is -1.26. The quantitative estimate of drug-likeness (QED) is 0.835. The predicted octanol–water partition coefficient (Wildman–Crippen LogP) is 1.32. The molecule has 4 heteroatoms. The highest BCUT2D eigenvalue weighted by Gasteiger charge is 2.16. The lowest BCUT2D eigenvalue weighted by atomic mass is 10.1. The van der Waals surface area contributed by atoms with Gasteiger partial charge >= 0.3 is 0 Å². The second-order valence-corrected chi connectivity index (χ2v) is 3.75. The largest absolute Gasteiger partial charge is 0.493 e. The molecule has 1 aliphatic rings. The summed E-state index contributed by atoms with van der Waals surface area (Å²) in [5.41, 5.74) is 2.30. The molecule has 0 bridgehead atoms. The summed E-state index contributed by atoms with van der Waals surface area (Å²) < 4.78 is 16.0. The maximum atomic E-state index is 5.44. The van der Waals surface area contributed by atoms with E-state index >= 15 is 0 Å². The zero-order valence-electron chi connectivity index (χ0n) is 9.71. The number of nitrogens with one attached hydrogen (secondary N) is 1. The normalized spacial score (nSPS) is 14.1. The van der Waals surface area contributed by atoms with Gasteiger partial charge in [0.1, 0.15) is 0 Å². The average molecular weight is 223 g/mol. The summed E-state index contributed by atoms with van der Waals surface area (Å²) in [6.07, 6.45) is 0.972. The first-order valence-electron chi connectivity index (χ1n) is 5.40. The van der Waals surface area contributed by atoms with Gasteiger partial charge in [-0.05, 0) is 37.7 Å². The summed E-state index contributed by atoms with van der Waals surface area (Å²) in [5, 5.41) is 3.13. The molecule has 4 nitrogen and oxygen atoms in total. The van der Waals surface area contributed by atoms with Crippen molar-refractivity contribution in [2.45, 2.75) is 13.0 Å². The van der Waals surface area contributed by atoms with Crippen LogP contribution in [0.5, 0.6) is 11.5 Å². The number of hydrogen-bond acceptors (Lipinski definition) is 4. The zero-order valence-corrected chi connectivity index (χ0v) is 9.71. The van der Waals surface area contributed by atoms with Gasteiger partial charge < -0.3 is 19.5 Å². The molecular weight excluding hydrogens is 206 g/mol. The van der Waals surface area contributed by atoms with E-state index in [9.17, 15) is 0 Å². The van der Waals surface area contributed by atoms with Crippen LogP contribution in [-0.2, 0) is 17.8 Å². The van der Waals surface area contributed by atoms with Crippen molar-refractivity contribution in [3.8, 4) is 11.5 Å². The van der Waals surface area contributed by atoms with E-state index < -0.39 is 0 Å². The van der Waals surface area contributed by atoms with Gasteiger partial charge in [0.05, 0.1) is 13.7 Å².